The van der Waals surface area contributed by atoms with Crippen LogP contribution in [-0.2, 0) is 11.4 Å². The molecule has 5 heterocycles. The van der Waals surface area contributed by atoms with Gasteiger partial charge in [-0.1, -0.05) is 12.6 Å². The van der Waals surface area contributed by atoms with Crippen molar-refractivity contribution < 1.29 is 9.53 Å². The highest BCUT2D eigenvalue weighted by atomic mass is 16.5. The van der Waals surface area contributed by atoms with E-state index in [9.17, 15) is 4.79 Å². The number of piperidine rings is 1. The number of likely N-dealkylation sites (tertiary alicyclic amines) is 1. The zero-order valence-corrected chi connectivity index (χ0v) is 18.5. The first-order valence-electron chi connectivity index (χ1n) is 11.0. The minimum atomic E-state index is -0.0824. The number of hydrogen-bond acceptors (Lipinski definition) is 8. The van der Waals surface area contributed by atoms with Crippen molar-refractivity contribution in [3.8, 4) is 17.1 Å². The fraction of sp³-hybridized carbons (Fsp3) is 0.250. The predicted molar refractivity (Wildman–Crippen MR) is 127 cm³/mol. The number of hydrogen-bond donors (Lipinski definition) is 1. The maximum absolute atomic E-state index is 12.2. The van der Waals surface area contributed by atoms with Gasteiger partial charge in [-0.2, -0.15) is 5.10 Å². The number of carbonyl (C=O) groups is 1. The molecule has 0 radical (unpaired) electrons. The summed E-state index contributed by atoms with van der Waals surface area (Å²) in [6.07, 6.45) is 7.94. The van der Waals surface area contributed by atoms with Crippen molar-refractivity contribution in [3.63, 3.8) is 0 Å². The van der Waals surface area contributed by atoms with Crippen LogP contribution in [0.15, 0.2) is 61.7 Å². The Balaban J connectivity index is 1.44. The predicted octanol–water partition coefficient (Wildman–Crippen LogP) is 2.79. The van der Waals surface area contributed by atoms with Crippen molar-refractivity contribution in [2.24, 2.45) is 0 Å². The van der Waals surface area contributed by atoms with Gasteiger partial charge in [0.1, 0.15) is 24.4 Å². The van der Waals surface area contributed by atoms with E-state index in [4.69, 9.17) is 15.6 Å². The molecular weight excluding hydrogens is 432 g/mol. The molecule has 1 aliphatic heterocycles. The molecule has 34 heavy (non-hydrogen) atoms. The van der Waals surface area contributed by atoms with Crippen molar-refractivity contribution in [2.75, 3.05) is 18.8 Å². The lowest BCUT2D eigenvalue weighted by Gasteiger charge is -2.32. The monoisotopic (exact) mass is 456 g/mol. The molecule has 4 aromatic heterocycles. The van der Waals surface area contributed by atoms with Crippen LogP contribution in [0.2, 0.25) is 0 Å². The molecule has 1 aliphatic rings. The summed E-state index contributed by atoms with van der Waals surface area (Å²) in [5.41, 5.74) is 9.11. The second-order valence-electron chi connectivity index (χ2n) is 8.03. The lowest BCUT2D eigenvalue weighted by Crippen LogP contribution is -2.40. The van der Waals surface area contributed by atoms with Gasteiger partial charge >= 0.3 is 0 Å². The van der Waals surface area contributed by atoms with Crippen LogP contribution in [-0.4, -0.2) is 53.6 Å². The van der Waals surface area contributed by atoms with Gasteiger partial charge in [-0.15, -0.1) is 0 Å². The summed E-state index contributed by atoms with van der Waals surface area (Å²) in [5, 5.41) is 5.53. The first-order chi connectivity index (χ1) is 16.6. The van der Waals surface area contributed by atoms with E-state index in [2.05, 4.69) is 26.5 Å². The van der Waals surface area contributed by atoms with E-state index in [-0.39, 0.29) is 11.9 Å². The van der Waals surface area contributed by atoms with Crippen LogP contribution in [0.25, 0.3) is 22.3 Å². The van der Waals surface area contributed by atoms with Gasteiger partial charge in [0.15, 0.2) is 5.65 Å². The number of nitrogens with two attached hydrogens (primary N) is 1. The van der Waals surface area contributed by atoms with Crippen LogP contribution >= 0.6 is 0 Å². The molecule has 0 spiro atoms. The summed E-state index contributed by atoms with van der Waals surface area (Å²) >= 11 is 0. The lowest BCUT2D eigenvalue weighted by atomic mass is 10.1. The average Bonchev–Trinajstić information content (AvgIpc) is 3.29. The number of aromatic nitrogens is 6. The quantitative estimate of drug-likeness (QED) is 0.439. The van der Waals surface area contributed by atoms with Crippen LogP contribution in [0.5, 0.6) is 5.88 Å². The van der Waals surface area contributed by atoms with Gasteiger partial charge in [0.25, 0.3) is 0 Å². The van der Waals surface area contributed by atoms with Crippen molar-refractivity contribution in [3.05, 3.63) is 67.4 Å². The molecule has 1 fully saturated rings. The third kappa shape index (κ3) is 4.17. The average molecular weight is 457 g/mol. The number of nitrogens with zero attached hydrogens (tertiary/aromatic N) is 7. The summed E-state index contributed by atoms with van der Waals surface area (Å²) in [4.78, 5) is 31.3. The van der Waals surface area contributed by atoms with Crippen LogP contribution in [0.3, 0.4) is 0 Å². The largest absolute Gasteiger partial charge is 0.471 e. The fourth-order valence-corrected chi connectivity index (χ4v) is 4.17. The highest BCUT2D eigenvalue weighted by Gasteiger charge is 2.28. The number of nitrogen functional groups attached to an aromatic ring is 1. The number of anilines is 1. The Morgan fingerprint density at radius 3 is 2.88 bits per heavy atom. The van der Waals surface area contributed by atoms with Gasteiger partial charge in [-0.05, 0) is 37.1 Å². The zero-order chi connectivity index (χ0) is 23.5. The number of ether oxygens (including phenoxy) is 1. The maximum Gasteiger partial charge on any atom is 0.246 e. The van der Waals surface area contributed by atoms with Gasteiger partial charge in [0.05, 0.1) is 17.1 Å². The Morgan fingerprint density at radius 1 is 1.21 bits per heavy atom. The Morgan fingerprint density at radius 2 is 2.12 bits per heavy atom. The molecule has 0 unspecified atom stereocenters. The lowest BCUT2D eigenvalue weighted by molar-refractivity contribution is -0.127. The zero-order valence-electron chi connectivity index (χ0n) is 18.5. The summed E-state index contributed by atoms with van der Waals surface area (Å²) in [7, 11) is 0. The molecule has 1 amide bonds. The standard InChI is InChI=1S/C24H24N8O2/c1-2-20(33)31-11-5-7-18(13-31)32-24-21(23(25)28-15-29-24)22(30-32)16-8-9-19(27-12-16)34-14-17-6-3-4-10-26-17/h2-4,6,8-10,12,15,18H,1,5,7,11,13-14H2,(H2,25,28,29)/t18-/m1/s1. The highest BCUT2D eigenvalue weighted by molar-refractivity contribution is 5.98. The number of pyridine rings is 2. The SMILES string of the molecule is C=CC(=O)N1CCC[C@@H](n2nc(-c3ccc(OCc4ccccn4)nc3)c3c(N)ncnc32)C1. The van der Waals surface area contributed by atoms with E-state index in [0.29, 0.717) is 48.1 Å². The number of fused-ring (bicyclic) bond motifs is 1. The molecule has 10 heteroatoms. The first kappa shape index (κ1) is 21.5. The summed E-state index contributed by atoms with van der Waals surface area (Å²) in [6.45, 7) is 5.17. The molecular formula is C24H24N8O2. The molecule has 2 N–H and O–H groups in total. The Kier molecular flexibility index (Phi) is 5.86. The third-order valence-electron chi connectivity index (χ3n) is 5.85. The first-order valence-corrected chi connectivity index (χ1v) is 11.0. The van der Waals surface area contributed by atoms with E-state index in [1.165, 1.54) is 12.4 Å². The molecule has 4 aromatic rings. The van der Waals surface area contributed by atoms with Crippen molar-refractivity contribution in [1.29, 1.82) is 0 Å². The van der Waals surface area contributed by atoms with Crippen molar-refractivity contribution >= 4 is 22.8 Å². The second-order valence-corrected chi connectivity index (χ2v) is 8.03. The van der Waals surface area contributed by atoms with E-state index < -0.39 is 0 Å². The van der Waals surface area contributed by atoms with E-state index in [1.54, 1.807) is 23.4 Å². The molecule has 1 atom stereocenters. The van der Waals surface area contributed by atoms with Crippen LogP contribution in [0.4, 0.5) is 5.82 Å². The number of carbonyl (C=O) groups excluding carboxylic acids is 1. The summed E-state index contributed by atoms with van der Waals surface area (Å²) in [6, 6.07) is 9.30. The summed E-state index contributed by atoms with van der Waals surface area (Å²) in [5.74, 6) is 0.741. The van der Waals surface area contributed by atoms with E-state index >= 15 is 0 Å². The van der Waals surface area contributed by atoms with Crippen molar-refractivity contribution in [2.45, 2.75) is 25.5 Å². The topological polar surface area (TPSA) is 125 Å². The van der Waals surface area contributed by atoms with Gasteiger partial charge in [-0.3, -0.25) is 9.78 Å². The van der Waals surface area contributed by atoms with Crippen molar-refractivity contribution in [1.82, 2.24) is 34.6 Å². The molecule has 0 aliphatic carbocycles. The Hall–Kier alpha value is -4.34. The van der Waals surface area contributed by atoms with E-state index in [0.717, 1.165) is 24.1 Å². The third-order valence-corrected chi connectivity index (χ3v) is 5.85. The number of amides is 1. The second kappa shape index (κ2) is 9.26. The molecule has 0 aromatic carbocycles. The van der Waals surface area contributed by atoms with Gasteiger partial charge in [0, 0.05) is 37.1 Å². The molecule has 0 bridgehead atoms. The maximum atomic E-state index is 12.2. The van der Waals surface area contributed by atoms with E-state index in [1.807, 2.05) is 28.9 Å². The molecule has 172 valence electrons. The molecule has 10 nitrogen and oxygen atoms in total. The molecule has 5 rings (SSSR count). The summed E-state index contributed by atoms with van der Waals surface area (Å²) < 4.78 is 7.60. The van der Waals surface area contributed by atoms with Crippen LogP contribution < -0.4 is 10.5 Å². The van der Waals surface area contributed by atoms with Gasteiger partial charge < -0.3 is 15.4 Å². The Bertz CT molecular complexity index is 1320. The van der Waals surface area contributed by atoms with Gasteiger partial charge in [-0.25, -0.2) is 19.6 Å². The number of rotatable bonds is 6. The van der Waals surface area contributed by atoms with Crippen LogP contribution in [0.1, 0.15) is 24.6 Å². The minimum Gasteiger partial charge on any atom is -0.471 e. The smallest absolute Gasteiger partial charge is 0.246 e. The highest BCUT2D eigenvalue weighted by Crippen LogP contribution is 2.33. The Labute approximate surface area is 196 Å². The van der Waals surface area contributed by atoms with Gasteiger partial charge in [0.2, 0.25) is 11.8 Å². The molecule has 0 saturated carbocycles. The minimum absolute atomic E-state index is 0.0304. The normalized spacial score (nSPS) is 15.9. The van der Waals surface area contributed by atoms with Crippen LogP contribution in [0, 0.1) is 0 Å². The molecule has 1 saturated heterocycles. The fourth-order valence-electron chi connectivity index (χ4n) is 4.17.